The third-order valence-electron chi connectivity index (χ3n) is 5.36. The molecule has 0 saturated heterocycles. The van der Waals surface area contributed by atoms with E-state index in [1.807, 2.05) is 0 Å². The molecule has 19 heteroatoms. The van der Waals surface area contributed by atoms with Gasteiger partial charge in [-0.1, -0.05) is 13.8 Å². The molecule has 0 fully saturated rings. The maximum Gasteiger partial charge on any atom is 0.460 e. The predicted molar refractivity (Wildman–Crippen MR) is 87.0 cm³/mol. The van der Waals surface area contributed by atoms with Gasteiger partial charge in [0.1, 0.15) is 0 Å². The number of halogens is 17. The van der Waals surface area contributed by atoms with Gasteiger partial charge in [0.25, 0.3) is 5.91 Å². The number of hydrogen-bond donors (Lipinski definition) is 0. The molecule has 36 heavy (non-hydrogen) atoms. The van der Waals surface area contributed by atoms with Crippen molar-refractivity contribution in [2.24, 2.45) is 0 Å². The molecular weight excluding hydrogens is 557 g/mol. The average molecular weight is 575 g/mol. The Morgan fingerprint density at radius 3 is 1.03 bits per heavy atom. The zero-order valence-corrected chi connectivity index (χ0v) is 18.3. The molecule has 2 nitrogen and oxygen atoms in total. The second-order valence-electron chi connectivity index (χ2n) is 7.75. The summed E-state index contributed by atoms with van der Waals surface area (Å²) in [5.41, 5.74) is 0. The fourth-order valence-corrected chi connectivity index (χ4v) is 2.69. The molecule has 0 radical (unpaired) electrons. The minimum absolute atomic E-state index is 0.216. The molecule has 0 aliphatic carbocycles. The lowest BCUT2D eigenvalue weighted by atomic mass is 9.88. The van der Waals surface area contributed by atoms with E-state index in [2.05, 4.69) is 0 Å². The molecule has 0 N–H and O–H groups in total. The number of alkyl halides is 17. The van der Waals surface area contributed by atoms with Gasteiger partial charge >= 0.3 is 47.6 Å². The first-order valence-electron chi connectivity index (χ1n) is 9.54. The SMILES string of the molecule is CCC(C)N(C(=O)C(F)(F)C(F)(F)C(F)(F)C(F)(F)C(F)(F)C(F)(F)C(F)(F)C(F)(F)F)C(C)CC. The van der Waals surface area contributed by atoms with Crippen molar-refractivity contribution in [2.45, 2.75) is 100 Å². The van der Waals surface area contributed by atoms with Crippen molar-refractivity contribution < 1.29 is 79.4 Å². The van der Waals surface area contributed by atoms with Crippen LogP contribution in [0.1, 0.15) is 40.5 Å². The van der Waals surface area contributed by atoms with E-state index in [0.717, 1.165) is 27.7 Å². The van der Waals surface area contributed by atoms with E-state index < -0.39 is 65.6 Å². The van der Waals surface area contributed by atoms with E-state index >= 15 is 0 Å². The van der Waals surface area contributed by atoms with Gasteiger partial charge in [-0.25, -0.2) is 0 Å². The Kier molecular flexibility index (Phi) is 9.09. The smallest absolute Gasteiger partial charge is 0.332 e. The minimum atomic E-state index is -8.72. The van der Waals surface area contributed by atoms with Crippen LogP contribution in [-0.4, -0.2) is 70.5 Å². The van der Waals surface area contributed by atoms with E-state index in [1.165, 1.54) is 0 Å². The predicted octanol–water partition coefficient (Wildman–Crippen LogP) is 7.42. The first-order chi connectivity index (χ1) is 15.5. The highest BCUT2D eigenvalue weighted by atomic mass is 19.4. The number of nitrogens with zero attached hydrogens (tertiary/aromatic N) is 1. The van der Waals surface area contributed by atoms with Crippen molar-refractivity contribution in [3.8, 4) is 0 Å². The molecule has 1 amide bonds. The molecule has 0 saturated carbocycles. The summed E-state index contributed by atoms with van der Waals surface area (Å²) in [5, 5.41) is 0. The summed E-state index contributed by atoms with van der Waals surface area (Å²) in [4.78, 5) is 11.8. The first-order valence-corrected chi connectivity index (χ1v) is 9.54. The van der Waals surface area contributed by atoms with Crippen molar-refractivity contribution >= 4 is 5.91 Å². The molecule has 0 heterocycles. The van der Waals surface area contributed by atoms with Crippen LogP contribution in [0.3, 0.4) is 0 Å². The highest BCUT2D eigenvalue weighted by Gasteiger charge is 2.95. The van der Waals surface area contributed by atoms with Crippen LogP contribution >= 0.6 is 0 Å². The van der Waals surface area contributed by atoms with Gasteiger partial charge in [-0.05, 0) is 26.7 Å². The molecule has 0 bridgehead atoms. The Balaban J connectivity index is 6.96. The van der Waals surface area contributed by atoms with Crippen molar-refractivity contribution in [1.82, 2.24) is 4.90 Å². The molecular formula is C17H18F17NO. The largest absolute Gasteiger partial charge is 0.460 e. The lowest BCUT2D eigenvalue weighted by Crippen LogP contribution is -2.75. The van der Waals surface area contributed by atoms with Crippen LogP contribution in [0.25, 0.3) is 0 Å². The van der Waals surface area contributed by atoms with E-state index in [1.54, 1.807) is 0 Å². The van der Waals surface area contributed by atoms with Gasteiger partial charge in [0.05, 0.1) is 0 Å². The average Bonchev–Trinajstić information content (AvgIpc) is 2.71. The Morgan fingerprint density at radius 1 is 0.528 bits per heavy atom. The number of hydrogen-bond acceptors (Lipinski definition) is 1. The van der Waals surface area contributed by atoms with E-state index in [0.29, 0.717) is 0 Å². The molecule has 0 rings (SSSR count). The fraction of sp³-hybridized carbons (Fsp3) is 0.941. The second kappa shape index (κ2) is 9.54. The van der Waals surface area contributed by atoms with Crippen LogP contribution in [0.2, 0.25) is 0 Å². The number of rotatable bonds is 11. The number of amides is 1. The van der Waals surface area contributed by atoms with Crippen LogP contribution in [0.4, 0.5) is 74.6 Å². The number of carbonyl (C=O) groups is 1. The normalized spacial score (nSPS) is 17.1. The van der Waals surface area contributed by atoms with Crippen molar-refractivity contribution in [2.75, 3.05) is 0 Å². The van der Waals surface area contributed by atoms with Gasteiger partial charge < -0.3 is 4.90 Å². The van der Waals surface area contributed by atoms with E-state index in [-0.39, 0.29) is 17.7 Å². The summed E-state index contributed by atoms with van der Waals surface area (Å²) in [5.74, 6) is -61.2. The van der Waals surface area contributed by atoms with Crippen molar-refractivity contribution in [1.29, 1.82) is 0 Å². The molecule has 0 aliphatic rings. The maximum atomic E-state index is 14.3. The zero-order chi connectivity index (χ0) is 29.7. The third kappa shape index (κ3) is 4.55. The van der Waals surface area contributed by atoms with Crippen LogP contribution in [-0.2, 0) is 4.79 Å². The van der Waals surface area contributed by atoms with Crippen LogP contribution in [0, 0.1) is 0 Å². The lowest BCUT2D eigenvalue weighted by molar-refractivity contribution is -0.459. The summed E-state index contributed by atoms with van der Waals surface area (Å²) in [6, 6.07) is -3.00. The Hall–Kier alpha value is -1.72. The molecule has 0 aromatic heterocycles. The highest BCUT2D eigenvalue weighted by molar-refractivity contribution is 5.85. The Labute approximate surface area is 191 Å². The standard InChI is InChI=1S/C17H18F17NO/c1-5-7(3)35(8(4)6-2)9(36)10(18,19)11(20,21)12(22,23)13(24,25)14(26,27)15(28,29)16(30,31)17(32,33)34/h7-8H,5-6H2,1-4H3. The number of carbonyl (C=O) groups excluding carboxylic acids is 1. The Bertz CT molecular complexity index is 779. The van der Waals surface area contributed by atoms with Crippen molar-refractivity contribution in [3.05, 3.63) is 0 Å². The van der Waals surface area contributed by atoms with Crippen LogP contribution in [0.15, 0.2) is 0 Å². The van der Waals surface area contributed by atoms with Gasteiger partial charge in [-0.3, -0.25) is 4.79 Å². The third-order valence-corrected chi connectivity index (χ3v) is 5.36. The molecule has 0 aromatic rings. The molecule has 0 aromatic carbocycles. The van der Waals surface area contributed by atoms with Gasteiger partial charge in [0.15, 0.2) is 0 Å². The fourth-order valence-electron chi connectivity index (χ4n) is 2.69. The summed E-state index contributed by atoms with van der Waals surface area (Å²) in [6.07, 6.45) is -8.51. The quantitative estimate of drug-likeness (QED) is 0.235. The summed E-state index contributed by atoms with van der Waals surface area (Å²) in [7, 11) is 0. The first kappa shape index (κ1) is 34.3. The lowest BCUT2D eigenvalue weighted by Gasteiger charge is -2.44. The summed E-state index contributed by atoms with van der Waals surface area (Å²) >= 11 is 0. The molecule has 0 aliphatic heterocycles. The zero-order valence-electron chi connectivity index (χ0n) is 18.3. The molecule has 2 atom stereocenters. The van der Waals surface area contributed by atoms with Gasteiger partial charge in [0, 0.05) is 12.1 Å². The van der Waals surface area contributed by atoms with E-state index in [9.17, 15) is 79.4 Å². The summed E-state index contributed by atoms with van der Waals surface area (Å²) in [6.45, 7) is 4.07. The van der Waals surface area contributed by atoms with Gasteiger partial charge in [0.2, 0.25) is 0 Å². The highest BCUT2D eigenvalue weighted by Crippen LogP contribution is 2.64. The van der Waals surface area contributed by atoms with E-state index in [4.69, 9.17) is 0 Å². The van der Waals surface area contributed by atoms with Gasteiger partial charge in [-0.2, -0.15) is 74.6 Å². The molecule has 216 valence electrons. The monoisotopic (exact) mass is 575 g/mol. The Morgan fingerprint density at radius 2 is 0.778 bits per heavy atom. The van der Waals surface area contributed by atoms with Crippen molar-refractivity contribution in [3.63, 3.8) is 0 Å². The van der Waals surface area contributed by atoms with Gasteiger partial charge in [-0.15, -0.1) is 0 Å². The van der Waals surface area contributed by atoms with Crippen LogP contribution in [0.5, 0.6) is 0 Å². The summed E-state index contributed by atoms with van der Waals surface area (Å²) < 4.78 is 227. The molecule has 0 spiro atoms. The van der Waals surface area contributed by atoms with Crippen LogP contribution < -0.4 is 0 Å². The topological polar surface area (TPSA) is 20.3 Å². The minimum Gasteiger partial charge on any atom is -0.332 e. The molecule has 2 unspecified atom stereocenters. The maximum absolute atomic E-state index is 14.3. The second-order valence-corrected chi connectivity index (χ2v) is 7.75.